The van der Waals surface area contributed by atoms with Crippen LogP contribution in [0.1, 0.15) is 34.9 Å². The number of ketones is 1. The monoisotopic (exact) mass is 194 g/mol. The van der Waals surface area contributed by atoms with Crippen LogP contribution in [-0.4, -0.2) is 21.1 Å². The third-order valence-corrected chi connectivity index (χ3v) is 2.46. The van der Waals surface area contributed by atoms with E-state index >= 15 is 0 Å². The predicted octanol–water partition coefficient (Wildman–Crippen LogP) is 1.11. The first-order valence-electron chi connectivity index (χ1n) is 4.37. The van der Waals surface area contributed by atoms with Crippen molar-refractivity contribution in [1.82, 2.24) is 0 Å². The van der Waals surface area contributed by atoms with Crippen molar-refractivity contribution in [3.05, 3.63) is 23.3 Å². The molecule has 0 fully saturated rings. The van der Waals surface area contributed by atoms with Crippen LogP contribution in [0.25, 0.3) is 0 Å². The number of aliphatic hydroxyl groups excluding tert-OH is 1. The molecular weight excluding hydrogens is 184 g/mol. The minimum Gasteiger partial charge on any atom is -0.508 e. The van der Waals surface area contributed by atoms with E-state index in [2.05, 4.69) is 0 Å². The molecule has 1 aromatic rings. The lowest BCUT2D eigenvalue weighted by molar-refractivity contribution is 0.0887. The highest BCUT2D eigenvalue weighted by atomic mass is 16.3. The fourth-order valence-corrected chi connectivity index (χ4v) is 1.76. The zero-order valence-corrected chi connectivity index (χ0v) is 7.40. The molecule has 4 heteroatoms. The zero-order chi connectivity index (χ0) is 10.3. The Morgan fingerprint density at radius 3 is 2.50 bits per heavy atom. The zero-order valence-electron chi connectivity index (χ0n) is 7.40. The molecule has 0 bridgehead atoms. The average Bonchev–Trinajstić information content (AvgIpc) is 2.16. The van der Waals surface area contributed by atoms with Crippen molar-refractivity contribution in [2.75, 3.05) is 0 Å². The SMILES string of the molecule is O=C1CCC(O)c2c(O)ccc(O)c21. The molecule has 1 aliphatic carbocycles. The van der Waals surface area contributed by atoms with E-state index in [1.54, 1.807) is 0 Å². The van der Waals surface area contributed by atoms with Crippen LogP contribution in [0.15, 0.2) is 12.1 Å². The fraction of sp³-hybridized carbons (Fsp3) is 0.300. The molecule has 0 saturated heterocycles. The van der Waals surface area contributed by atoms with Gasteiger partial charge in [0.1, 0.15) is 11.5 Å². The van der Waals surface area contributed by atoms with Crippen LogP contribution >= 0.6 is 0 Å². The molecule has 1 atom stereocenters. The lowest BCUT2D eigenvalue weighted by atomic mass is 9.87. The normalized spacial score (nSPS) is 20.6. The summed E-state index contributed by atoms with van der Waals surface area (Å²) in [5.41, 5.74) is 0.213. The molecule has 0 radical (unpaired) electrons. The van der Waals surface area contributed by atoms with Crippen molar-refractivity contribution in [2.24, 2.45) is 0 Å². The van der Waals surface area contributed by atoms with Crippen molar-refractivity contribution < 1.29 is 20.1 Å². The Labute approximate surface area is 80.4 Å². The van der Waals surface area contributed by atoms with Crippen LogP contribution in [0.2, 0.25) is 0 Å². The minimum atomic E-state index is -0.866. The summed E-state index contributed by atoms with van der Waals surface area (Å²) < 4.78 is 0. The second-order valence-electron chi connectivity index (χ2n) is 3.37. The van der Waals surface area contributed by atoms with Crippen LogP contribution in [0, 0.1) is 0 Å². The quantitative estimate of drug-likeness (QED) is 0.540. The van der Waals surface area contributed by atoms with Gasteiger partial charge in [0, 0.05) is 12.0 Å². The van der Waals surface area contributed by atoms with Gasteiger partial charge in [-0.25, -0.2) is 0 Å². The molecule has 0 aliphatic heterocycles. The highest BCUT2D eigenvalue weighted by Crippen LogP contribution is 2.39. The third kappa shape index (κ3) is 1.15. The van der Waals surface area contributed by atoms with Gasteiger partial charge >= 0.3 is 0 Å². The van der Waals surface area contributed by atoms with Crippen LogP contribution in [0.5, 0.6) is 11.5 Å². The van der Waals surface area contributed by atoms with E-state index in [4.69, 9.17) is 0 Å². The molecule has 3 N–H and O–H groups in total. The molecule has 2 rings (SSSR count). The molecule has 4 nitrogen and oxygen atoms in total. The third-order valence-electron chi connectivity index (χ3n) is 2.46. The van der Waals surface area contributed by atoms with Crippen molar-refractivity contribution in [3.8, 4) is 11.5 Å². The Bertz CT molecular complexity index is 397. The number of carbonyl (C=O) groups excluding carboxylic acids is 1. The Morgan fingerprint density at radius 1 is 1.21 bits per heavy atom. The molecule has 14 heavy (non-hydrogen) atoms. The number of rotatable bonds is 0. The maximum atomic E-state index is 11.4. The minimum absolute atomic E-state index is 0.0590. The highest BCUT2D eigenvalue weighted by Gasteiger charge is 2.29. The highest BCUT2D eigenvalue weighted by molar-refractivity contribution is 6.01. The van der Waals surface area contributed by atoms with Gasteiger partial charge in [0.15, 0.2) is 5.78 Å². The van der Waals surface area contributed by atoms with E-state index < -0.39 is 6.10 Å². The molecule has 0 amide bonds. The number of phenols is 2. The smallest absolute Gasteiger partial charge is 0.167 e. The van der Waals surface area contributed by atoms with Crippen molar-refractivity contribution >= 4 is 5.78 Å². The molecular formula is C10H10O4. The van der Waals surface area contributed by atoms with Gasteiger partial charge in [-0.1, -0.05) is 0 Å². The van der Waals surface area contributed by atoms with E-state index in [-0.39, 0.29) is 34.8 Å². The van der Waals surface area contributed by atoms with Crippen LogP contribution in [0.3, 0.4) is 0 Å². The van der Waals surface area contributed by atoms with Crippen LogP contribution in [-0.2, 0) is 0 Å². The van der Waals surface area contributed by atoms with E-state index in [9.17, 15) is 20.1 Å². The average molecular weight is 194 g/mol. The van der Waals surface area contributed by atoms with E-state index in [0.717, 1.165) is 0 Å². The van der Waals surface area contributed by atoms with Gasteiger partial charge in [0.05, 0.1) is 11.7 Å². The molecule has 0 aromatic heterocycles. The van der Waals surface area contributed by atoms with Crippen LogP contribution < -0.4 is 0 Å². The molecule has 1 aliphatic rings. The predicted molar refractivity (Wildman–Crippen MR) is 48.3 cm³/mol. The number of hydrogen-bond donors (Lipinski definition) is 3. The summed E-state index contributed by atoms with van der Waals surface area (Å²) in [6, 6.07) is 2.53. The number of aromatic hydroxyl groups is 2. The first-order chi connectivity index (χ1) is 6.61. The second kappa shape index (κ2) is 2.99. The standard InChI is InChI=1S/C10H10O4/c11-5-1-2-6(12)10-8(14)4-3-7(13)9(5)10/h1-2,7,11-13H,3-4H2. The maximum Gasteiger partial charge on any atom is 0.167 e. The summed E-state index contributed by atoms with van der Waals surface area (Å²) in [6.45, 7) is 0. The first-order valence-corrected chi connectivity index (χ1v) is 4.37. The molecule has 1 unspecified atom stereocenters. The second-order valence-corrected chi connectivity index (χ2v) is 3.37. The Kier molecular flexibility index (Phi) is 1.93. The molecule has 0 heterocycles. The number of phenolic OH excluding ortho intramolecular Hbond substituents is 2. The largest absolute Gasteiger partial charge is 0.508 e. The van der Waals surface area contributed by atoms with Crippen molar-refractivity contribution in [3.63, 3.8) is 0 Å². The van der Waals surface area contributed by atoms with Gasteiger partial charge in [0.2, 0.25) is 0 Å². The summed E-state index contributed by atoms with van der Waals surface area (Å²) in [5, 5.41) is 28.4. The van der Waals surface area contributed by atoms with Gasteiger partial charge < -0.3 is 15.3 Å². The first kappa shape index (κ1) is 9.02. The maximum absolute atomic E-state index is 11.4. The summed E-state index contributed by atoms with van der Waals surface area (Å²) in [5.74, 6) is -0.557. The number of aliphatic hydroxyl groups is 1. The van der Waals surface area contributed by atoms with Crippen molar-refractivity contribution in [2.45, 2.75) is 18.9 Å². The fourth-order valence-electron chi connectivity index (χ4n) is 1.76. The molecule has 0 spiro atoms. The Hall–Kier alpha value is -1.55. The Balaban J connectivity index is 2.71. The lowest BCUT2D eigenvalue weighted by Crippen LogP contribution is -2.15. The Morgan fingerprint density at radius 2 is 1.86 bits per heavy atom. The van der Waals surface area contributed by atoms with Gasteiger partial charge in [-0.2, -0.15) is 0 Å². The van der Waals surface area contributed by atoms with Gasteiger partial charge in [-0.05, 0) is 18.6 Å². The topological polar surface area (TPSA) is 77.8 Å². The number of benzene rings is 1. The van der Waals surface area contributed by atoms with E-state index in [1.807, 2.05) is 0 Å². The number of Topliss-reactive ketones (excluding diaryl/α,β-unsaturated/α-hetero) is 1. The van der Waals surface area contributed by atoms with E-state index in [0.29, 0.717) is 6.42 Å². The van der Waals surface area contributed by atoms with Gasteiger partial charge in [-0.3, -0.25) is 4.79 Å². The summed E-state index contributed by atoms with van der Waals surface area (Å²) >= 11 is 0. The summed E-state index contributed by atoms with van der Waals surface area (Å²) in [7, 11) is 0. The molecule has 1 aromatic carbocycles. The number of hydrogen-bond acceptors (Lipinski definition) is 4. The summed E-state index contributed by atoms with van der Waals surface area (Å²) in [4.78, 5) is 11.4. The molecule has 74 valence electrons. The van der Waals surface area contributed by atoms with Crippen molar-refractivity contribution in [1.29, 1.82) is 0 Å². The number of fused-ring (bicyclic) bond motifs is 1. The van der Waals surface area contributed by atoms with Crippen LogP contribution in [0.4, 0.5) is 0 Å². The number of carbonyl (C=O) groups is 1. The van der Waals surface area contributed by atoms with E-state index in [1.165, 1.54) is 12.1 Å². The summed E-state index contributed by atoms with van der Waals surface area (Å²) in [6.07, 6.45) is -0.372. The van der Waals surface area contributed by atoms with Gasteiger partial charge in [0.25, 0.3) is 0 Å². The lowest BCUT2D eigenvalue weighted by Gasteiger charge is -2.21. The van der Waals surface area contributed by atoms with Gasteiger partial charge in [-0.15, -0.1) is 0 Å². The molecule has 0 saturated carbocycles.